The van der Waals surface area contributed by atoms with E-state index in [0.29, 0.717) is 11.7 Å². The number of anilines is 2. The van der Waals surface area contributed by atoms with Crippen LogP contribution in [-0.4, -0.2) is 48.2 Å². The highest BCUT2D eigenvalue weighted by Gasteiger charge is 2.24. The summed E-state index contributed by atoms with van der Waals surface area (Å²) in [5.41, 5.74) is 3.88. The van der Waals surface area contributed by atoms with E-state index < -0.39 is 6.23 Å². The highest BCUT2D eigenvalue weighted by atomic mass is 32.1. The number of rotatable bonds is 6. The van der Waals surface area contributed by atoms with Crippen molar-refractivity contribution in [3.63, 3.8) is 0 Å². The van der Waals surface area contributed by atoms with Gasteiger partial charge < -0.3 is 20.2 Å². The fraction of sp³-hybridized carbons (Fsp3) is 0.350. The van der Waals surface area contributed by atoms with Crippen LogP contribution in [0.5, 0.6) is 0 Å². The lowest BCUT2D eigenvalue weighted by Crippen LogP contribution is -2.31. The minimum absolute atomic E-state index is 0.617. The molecule has 3 heterocycles. The largest absolute Gasteiger partial charge is 0.370 e. The van der Waals surface area contributed by atoms with Gasteiger partial charge in [-0.25, -0.2) is 4.98 Å². The first-order valence-electron chi connectivity index (χ1n) is 9.04. The quantitative estimate of drug-likeness (QED) is 0.610. The molecule has 0 radical (unpaired) electrons. The third-order valence-electron chi connectivity index (χ3n) is 5.00. The van der Waals surface area contributed by atoms with Gasteiger partial charge >= 0.3 is 0 Å². The number of hydrogen-bond acceptors (Lipinski definition) is 7. The molecule has 7 heteroatoms. The summed E-state index contributed by atoms with van der Waals surface area (Å²) in [5, 5.41) is 20.6. The van der Waals surface area contributed by atoms with Gasteiger partial charge in [-0.3, -0.25) is 0 Å². The van der Waals surface area contributed by atoms with E-state index in [1.54, 1.807) is 22.7 Å². The Hall–Kier alpha value is -1.93. The summed E-state index contributed by atoms with van der Waals surface area (Å²) in [5.74, 6) is 0. The Morgan fingerprint density at radius 3 is 2.70 bits per heavy atom. The third-order valence-corrected chi connectivity index (χ3v) is 6.59. The summed E-state index contributed by atoms with van der Waals surface area (Å²) in [6.07, 6.45) is 0.381. The van der Waals surface area contributed by atoms with Gasteiger partial charge in [0, 0.05) is 46.8 Å². The lowest BCUT2D eigenvalue weighted by molar-refractivity contribution is 0.204. The maximum atomic E-state index is 10.5. The standard InChI is InChI=1S/C20H24N4OS2/c1-23(2)17-7-9-24(11-17)16-5-3-15(4-6-16)21-19(25)18-13-27-20(22-18)14-8-10-26-12-14/h3-6,8,10,12-13,17,19,21,25H,7,9,11H2,1-2H3. The molecular formula is C20H24N4OS2. The Morgan fingerprint density at radius 2 is 2.04 bits per heavy atom. The molecule has 1 aromatic carbocycles. The monoisotopic (exact) mass is 400 g/mol. The van der Waals surface area contributed by atoms with E-state index in [2.05, 4.69) is 51.7 Å². The highest BCUT2D eigenvalue weighted by Crippen LogP contribution is 2.29. The van der Waals surface area contributed by atoms with Crippen molar-refractivity contribution >= 4 is 34.0 Å². The van der Waals surface area contributed by atoms with Gasteiger partial charge in [-0.2, -0.15) is 11.3 Å². The average Bonchev–Trinajstić information content (AvgIpc) is 3.42. The van der Waals surface area contributed by atoms with Crippen molar-refractivity contribution in [2.75, 3.05) is 37.4 Å². The molecule has 142 valence electrons. The van der Waals surface area contributed by atoms with Crippen LogP contribution in [0.3, 0.4) is 0 Å². The van der Waals surface area contributed by atoms with Crippen LogP contribution in [-0.2, 0) is 0 Å². The normalized spacial score (nSPS) is 18.2. The van der Waals surface area contributed by atoms with Crippen LogP contribution >= 0.6 is 22.7 Å². The van der Waals surface area contributed by atoms with E-state index >= 15 is 0 Å². The van der Waals surface area contributed by atoms with Crippen LogP contribution < -0.4 is 10.2 Å². The van der Waals surface area contributed by atoms with Crippen molar-refractivity contribution in [2.45, 2.75) is 18.7 Å². The molecule has 0 saturated carbocycles. The molecule has 2 atom stereocenters. The van der Waals surface area contributed by atoms with Gasteiger partial charge in [0.2, 0.25) is 0 Å². The van der Waals surface area contributed by atoms with Crippen molar-refractivity contribution in [3.05, 3.63) is 52.2 Å². The van der Waals surface area contributed by atoms with Gasteiger partial charge in [-0.15, -0.1) is 11.3 Å². The zero-order valence-electron chi connectivity index (χ0n) is 15.5. The molecule has 4 rings (SSSR count). The summed E-state index contributed by atoms with van der Waals surface area (Å²) < 4.78 is 0. The molecule has 3 aromatic rings. The second kappa shape index (κ2) is 7.98. The molecule has 2 unspecified atom stereocenters. The minimum Gasteiger partial charge on any atom is -0.370 e. The van der Waals surface area contributed by atoms with Gasteiger partial charge in [-0.05, 0) is 56.2 Å². The molecule has 0 spiro atoms. The van der Waals surface area contributed by atoms with Crippen LogP contribution in [0.4, 0.5) is 11.4 Å². The predicted molar refractivity (Wildman–Crippen MR) is 115 cm³/mol. The molecule has 1 fully saturated rings. The first-order chi connectivity index (χ1) is 13.1. The molecule has 0 bridgehead atoms. The molecule has 1 aliphatic heterocycles. The first kappa shape index (κ1) is 18.4. The van der Waals surface area contributed by atoms with E-state index in [1.807, 2.05) is 29.0 Å². The number of hydrogen-bond donors (Lipinski definition) is 2. The summed E-state index contributed by atoms with van der Waals surface area (Å²) in [6, 6.07) is 10.9. The lowest BCUT2D eigenvalue weighted by atomic mass is 10.2. The Morgan fingerprint density at radius 1 is 1.22 bits per heavy atom. The van der Waals surface area contributed by atoms with E-state index in [1.165, 1.54) is 12.1 Å². The lowest BCUT2D eigenvalue weighted by Gasteiger charge is -2.22. The van der Waals surface area contributed by atoms with Crippen molar-refractivity contribution in [1.29, 1.82) is 0 Å². The molecule has 2 N–H and O–H groups in total. The number of aliphatic hydroxyl groups excluding tert-OH is 1. The number of likely N-dealkylation sites (N-methyl/N-ethyl adjacent to an activating group) is 1. The number of nitrogens with one attached hydrogen (secondary N) is 1. The number of aliphatic hydroxyl groups is 1. The minimum atomic E-state index is -0.815. The van der Waals surface area contributed by atoms with Gasteiger partial charge in [0.15, 0.2) is 6.23 Å². The fourth-order valence-electron chi connectivity index (χ4n) is 3.33. The molecule has 27 heavy (non-hydrogen) atoms. The van der Waals surface area contributed by atoms with E-state index in [-0.39, 0.29) is 0 Å². The van der Waals surface area contributed by atoms with E-state index in [0.717, 1.165) is 29.3 Å². The van der Waals surface area contributed by atoms with Crippen LogP contribution in [0.1, 0.15) is 18.3 Å². The summed E-state index contributed by atoms with van der Waals surface area (Å²) >= 11 is 3.20. The number of thiazole rings is 1. The molecule has 0 amide bonds. The zero-order chi connectivity index (χ0) is 18.8. The van der Waals surface area contributed by atoms with Gasteiger partial charge in [0.1, 0.15) is 10.7 Å². The fourth-order valence-corrected chi connectivity index (χ4v) is 4.88. The molecule has 5 nitrogen and oxygen atoms in total. The second-order valence-electron chi connectivity index (χ2n) is 7.04. The first-order valence-corrected chi connectivity index (χ1v) is 10.9. The number of thiophene rings is 1. The van der Waals surface area contributed by atoms with Crippen LogP contribution in [0.25, 0.3) is 10.6 Å². The zero-order valence-corrected chi connectivity index (χ0v) is 17.1. The predicted octanol–water partition coefficient (Wildman–Crippen LogP) is 4.11. The molecule has 2 aromatic heterocycles. The number of nitrogens with zero attached hydrogens (tertiary/aromatic N) is 3. The summed E-state index contributed by atoms with van der Waals surface area (Å²) in [4.78, 5) is 9.27. The average molecular weight is 401 g/mol. The molecule has 1 saturated heterocycles. The van der Waals surface area contributed by atoms with Crippen molar-refractivity contribution < 1.29 is 5.11 Å². The molecule has 1 aliphatic rings. The maximum Gasteiger partial charge on any atom is 0.168 e. The topological polar surface area (TPSA) is 51.6 Å². The van der Waals surface area contributed by atoms with Gasteiger partial charge in [0.05, 0.1) is 0 Å². The van der Waals surface area contributed by atoms with Gasteiger partial charge in [0.25, 0.3) is 0 Å². The van der Waals surface area contributed by atoms with Gasteiger partial charge in [-0.1, -0.05) is 0 Å². The smallest absolute Gasteiger partial charge is 0.168 e. The van der Waals surface area contributed by atoms with Crippen LogP contribution in [0.15, 0.2) is 46.5 Å². The highest BCUT2D eigenvalue weighted by molar-refractivity contribution is 7.14. The van der Waals surface area contributed by atoms with E-state index in [4.69, 9.17) is 0 Å². The number of benzene rings is 1. The summed E-state index contributed by atoms with van der Waals surface area (Å²) in [6.45, 7) is 2.15. The van der Waals surface area contributed by atoms with E-state index in [9.17, 15) is 5.11 Å². The molecule has 0 aliphatic carbocycles. The van der Waals surface area contributed by atoms with Crippen molar-refractivity contribution in [3.8, 4) is 10.6 Å². The Labute approximate surface area is 167 Å². The summed E-state index contributed by atoms with van der Waals surface area (Å²) in [7, 11) is 4.29. The van der Waals surface area contributed by atoms with Crippen LogP contribution in [0, 0.1) is 0 Å². The second-order valence-corrected chi connectivity index (χ2v) is 8.67. The molecular weight excluding hydrogens is 376 g/mol. The van der Waals surface area contributed by atoms with Crippen LogP contribution in [0.2, 0.25) is 0 Å². The van der Waals surface area contributed by atoms with Crippen molar-refractivity contribution in [2.24, 2.45) is 0 Å². The third kappa shape index (κ3) is 4.16. The Bertz CT molecular complexity index is 861. The Balaban J connectivity index is 1.38. The SMILES string of the molecule is CN(C)C1CCN(c2ccc(NC(O)c3csc(-c4ccsc4)n3)cc2)C1. The number of aromatic nitrogens is 1. The van der Waals surface area contributed by atoms with Crippen molar-refractivity contribution in [1.82, 2.24) is 9.88 Å². The Kier molecular flexibility index (Phi) is 5.45. The maximum absolute atomic E-state index is 10.5.